The third kappa shape index (κ3) is 3.55. The molecule has 3 rings (SSSR count). The molecule has 1 aromatic heterocycles. The first-order valence-corrected chi connectivity index (χ1v) is 7.61. The van der Waals surface area contributed by atoms with Crippen molar-refractivity contribution in [2.24, 2.45) is 0 Å². The van der Waals surface area contributed by atoms with Gasteiger partial charge in [0.25, 0.3) is 0 Å². The van der Waals surface area contributed by atoms with Gasteiger partial charge < -0.3 is 15.8 Å². The maximum absolute atomic E-state index is 5.85. The molecule has 0 atom stereocenters. The van der Waals surface area contributed by atoms with Crippen molar-refractivity contribution < 1.29 is 4.74 Å². The van der Waals surface area contributed by atoms with Crippen LogP contribution in [-0.2, 0) is 6.61 Å². The summed E-state index contributed by atoms with van der Waals surface area (Å²) >= 11 is 1.59. The number of benzene rings is 2. The highest BCUT2D eigenvalue weighted by Crippen LogP contribution is 2.24. The Balaban J connectivity index is 1.67. The molecule has 0 aliphatic heterocycles. The molecule has 2 aromatic carbocycles. The molecule has 3 nitrogen and oxygen atoms in total. The quantitative estimate of drug-likeness (QED) is 0.720. The molecule has 0 bridgehead atoms. The second-order valence-corrected chi connectivity index (χ2v) is 5.40. The van der Waals surface area contributed by atoms with E-state index < -0.39 is 0 Å². The van der Waals surface area contributed by atoms with Gasteiger partial charge in [-0.3, -0.25) is 0 Å². The van der Waals surface area contributed by atoms with Crippen LogP contribution < -0.4 is 15.8 Å². The van der Waals surface area contributed by atoms with Crippen LogP contribution >= 0.6 is 11.3 Å². The summed E-state index contributed by atoms with van der Waals surface area (Å²) in [5.41, 5.74) is 9.72. The lowest BCUT2D eigenvalue weighted by Gasteiger charge is -2.10. The maximum atomic E-state index is 5.85. The Bertz CT molecular complexity index is 710. The van der Waals surface area contributed by atoms with Crippen molar-refractivity contribution in [3.8, 4) is 5.75 Å². The molecule has 0 amide bonds. The van der Waals surface area contributed by atoms with Gasteiger partial charge >= 0.3 is 0 Å². The lowest BCUT2D eigenvalue weighted by molar-refractivity contribution is 0.307. The highest BCUT2D eigenvalue weighted by molar-refractivity contribution is 7.08. The van der Waals surface area contributed by atoms with Crippen LogP contribution in [0.1, 0.15) is 5.56 Å². The van der Waals surface area contributed by atoms with Gasteiger partial charge in [-0.15, -0.1) is 11.3 Å². The van der Waals surface area contributed by atoms with Gasteiger partial charge in [0.2, 0.25) is 0 Å². The molecule has 0 fully saturated rings. The molecule has 0 aliphatic carbocycles. The molecule has 4 heteroatoms. The van der Waals surface area contributed by atoms with E-state index in [1.165, 1.54) is 0 Å². The van der Waals surface area contributed by atoms with Crippen molar-refractivity contribution in [3.63, 3.8) is 0 Å². The average Bonchev–Trinajstić information content (AvgIpc) is 2.92. The zero-order valence-electron chi connectivity index (χ0n) is 11.5. The monoisotopic (exact) mass is 296 g/mol. The summed E-state index contributed by atoms with van der Waals surface area (Å²) in [5, 5.41) is 7.28. The number of para-hydroxylation sites is 1. The number of hydrogen-bond donors (Lipinski definition) is 2. The van der Waals surface area contributed by atoms with Crippen molar-refractivity contribution in [1.29, 1.82) is 0 Å². The smallest absolute Gasteiger partial charge is 0.121 e. The highest BCUT2D eigenvalue weighted by Gasteiger charge is 2.02. The molecule has 0 saturated heterocycles. The van der Waals surface area contributed by atoms with E-state index in [1.807, 2.05) is 65.4 Å². The highest BCUT2D eigenvalue weighted by atomic mass is 32.1. The summed E-state index contributed by atoms with van der Waals surface area (Å²) in [6.45, 7) is 0.490. The number of nitrogen functional groups attached to an aromatic ring is 1. The minimum absolute atomic E-state index is 0.490. The molecule has 0 unspecified atom stereocenters. The largest absolute Gasteiger partial charge is 0.489 e. The number of nitrogens with one attached hydrogen (secondary N) is 1. The van der Waals surface area contributed by atoms with Gasteiger partial charge in [-0.05, 0) is 29.6 Å². The summed E-state index contributed by atoms with van der Waals surface area (Å²) in [6.07, 6.45) is 0. The molecule has 3 aromatic rings. The number of rotatable bonds is 5. The van der Waals surface area contributed by atoms with E-state index in [1.54, 1.807) is 11.3 Å². The molecule has 0 saturated carbocycles. The van der Waals surface area contributed by atoms with Crippen LogP contribution in [0.2, 0.25) is 0 Å². The van der Waals surface area contributed by atoms with Gasteiger partial charge in [-0.1, -0.05) is 24.3 Å². The van der Waals surface area contributed by atoms with Crippen molar-refractivity contribution >= 4 is 28.4 Å². The normalized spacial score (nSPS) is 10.3. The van der Waals surface area contributed by atoms with E-state index in [0.717, 1.165) is 28.4 Å². The number of hydrogen-bond acceptors (Lipinski definition) is 4. The van der Waals surface area contributed by atoms with Crippen molar-refractivity contribution in [1.82, 2.24) is 0 Å². The lowest BCUT2D eigenvalue weighted by atomic mass is 10.2. The molecule has 0 radical (unpaired) electrons. The van der Waals surface area contributed by atoms with Gasteiger partial charge in [-0.25, -0.2) is 0 Å². The van der Waals surface area contributed by atoms with Crippen molar-refractivity contribution in [2.45, 2.75) is 6.61 Å². The lowest BCUT2D eigenvalue weighted by Crippen LogP contribution is -1.98. The fourth-order valence-corrected chi connectivity index (χ4v) is 2.70. The van der Waals surface area contributed by atoms with Gasteiger partial charge in [0.15, 0.2) is 0 Å². The Morgan fingerprint density at radius 1 is 0.952 bits per heavy atom. The van der Waals surface area contributed by atoms with Crippen LogP contribution in [0, 0.1) is 0 Å². The number of anilines is 3. The topological polar surface area (TPSA) is 47.3 Å². The molecule has 1 heterocycles. The van der Waals surface area contributed by atoms with Crippen LogP contribution in [0.15, 0.2) is 65.4 Å². The average molecular weight is 296 g/mol. The second kappa shape index (κ2) is 6.33. The summed E-state index contributed by atoms with van der Waals surface area (Å²) in [4.78, 5) is 0. The van der Waals surface area contributed by atoms with E-state index in [2.05, 4.69) is 5.32 Å². The Morgan fingerprint density at radius 3 is 2.52 bits per heavy atom. The maximum Gasteiger partial charge on any atom is 0.121 e. The van der Waals surface area contributed by atoms with E-state index >= 15 is 0 Å². The Morgan fingerprint density at radius 2 is 1.76 bits per heavy atom. The van der Waals surface area contributed by atoms with Crippen LogP contribution in [0.3, 0.4) is 0 Å². The molecular formula is C17H16N2OS. The fourth-order valence-electron chi connectivity index (χ4n) is 1.96. The summed E-state index contributed by atoms with van der Waals surface area (Å²) in [7, 11) is 0. The summed E-state index contributed by atoms with van der Waals surface area (Å²) in [6, 6.07) is 18.0. The van der Waals surface area contributed by atoms with E-state index in [9.17, 15) is 0 Å². The number of nitrogens with two attached hydrogens (primary N) is 1. The Hall–Kier alpha value is -2.46. The van der Waals surface area contributed by atoms with E-state index in [0.29, 0.717) is 6.61 Å². The predicted octanol–water partition coefficient (Wildman–Crippen LogP) is 4.65. The van der Waals surface area contributed by atoms with Crippen LogP contribution in [0.5, 0.6) is 5.75 Å². The molecule has 3 N–H and O–H groups in total. The third-order valence-corrected chi connectivity index (χ3v) is 3.88. The van der Waals surface area contributed by atoms with Gasteiger partial charge in [-0.2, -0.15) is 0 Å². The van der Waals surface area contributed by atoms with E-state index in [4.69, 9.17) is 10.5 Å². The predicted molar refractivity (Wildman–Crippen MR) is 89.2 cm³/mol. The molecule has 0 spiro atoms. The number of thiophene rings is 1. The summed E-state index contributed by atoms with van der Waals surface area (Å²) in [5.74, 6) is 0.821. The third-order valence-electron chi connectivity index (χ3n) is 3.07. The zero-order valence-corrected chi connectivity index (χ0v) is 12.3. The van der Waals surface area contributed by atoms with Crippen molar-refractivity contribution in [2.75, 3.05) is 11.1 Å². The Labute approximate surface area is 128 Å². The SMILES string of the molecule is Nc1cscc1COc1cccc(Nc2ccccc2)c1. The van der Waals surface area contributed by atoms with Crippen LogP contribution in [0.4, 0.5) is 17.1 Å². The molecule has 106 valence electrons. The second-order valence-electron chi connectivity index (χ2n) is 4.66. The number of ether oxygens (including phenoxy) is 1. The fraction of sp³-hybridized carbons (Fsp3) is 0.0588. The first kappa shape index (κ1) is 13.5. The summed E-state index contributed by atoms with van der Waals surface area (Å²) < 4.78 is 5.80. The van der Waals surface area contributed by atoms with Gasteiger partial charge in [0.1, 0.15) is 12.4 Å². The van der Waals surface area contributed by atoms with Gasteiger partial charge in [0.05, 0.1) is 0 Å². The van der Waals surface area contributed by atoms with Crippen molar-refractivity contribution in [3.05, 3.63) is 70.9 Å². The van der Waals surface area contributed by atoms with Crippen LogP contribution in [-0.4, -0.2) is 0 Å². The first-order valence-electron chi connectivity index (χ1n) is 6.67. The van der Waals surface area contributed by atoms with Gasteiger partial charge in [0, 0.05) is 34.1 Å². The standard InChI is InChI=1S/C17H16N2OS/c18-17-12-21-11-13(17)10-20-16-8-4-7-15(9-16)19-14-5-2-1-3-6-14/h1-9,11-12,19H,10,18H2. The zero-order chi connectivity index (χ0) is 14.5. The van der Waals surface area contributed by atoms with Crippen LogP contribution in [0.25, 0.3) is 0 Å². The first-order chi connectivity index (χ1) is 10.3. The molecular weight excluding hydrogens is 280 g/mol. The molecule has 0 aliphatic rings. The minimum Gasteiger partial charge on any atom is -0.489 e. The Kier molecular flexibility index (Phi) is 4.07. The minimum atomic E-state index is 0.490. The molecule has 21 heavy (non-hydrogen) atoms. The van der Waals surface area contributed by atoms with E-state index in [-0.39, 0.29) is 0 Å².